The fourth-order valence-corrected chi connectivity index (χ4v) is 4.28. The third-order valence-electron chi connectivity index (χ3n) is 5.04. The summed E-state index contributed by atoms with van der Waals surface area (Å²) in [6, 6.07) is 6.01. The van der Waals surface area contributed by atoms with Gasteiger partial charge in [0.05, 0.1) is 18.1 Å². The average Bonchev–Trinajstić information content (AvgIpc) is 3.43. The van der Waals surface area contributed by atoms with Crippen LogP contribution in [0, 0.1) is 5.82 Å². The Kier molecular flexibility index (Phi) is 7.09. The number of para-hydroxylation sites is 1. The van der Waals surface area contributed by atoms with Gasteiger partial charge in [-0.2, -0.15) is 5.10 Å². The molecule has 0 spiro atoms. The van der Waals surface area contributed by atoms with Crippen molar-refractivity contribution in [3.63, 3.8) is 0 Å². The first-order valence-corrected chi connectivity index (χ1v) is 11.7. The van der Waals surface area contributed by atoms with Gasteiger partial charge in [-0.3, -0.25) is 4.79 Å². The number of amides is 1. The third-order valence-corrected chi connectivity index (χ3v) is 5.91. The highest BCUT2D eigenvalue weighted by Gasteiger charge is 2.21. The van der Waals surface area contributed by atoms with Gasteiger partial charge in [0.2, 0.25) is 0 Å². The van der Waals surface area contributed by atoms with Crippen molar-refractivity contribution in [2.45, 2.75) is 43.6 Å². The first kappa shape index (κ1) is 22.3. The largest absolute Gasteiger partial charge is 0.481 e. The van der Waals surface area contributed by atoms with Crippen LogP contribution in [0.1, 0.15) is 26.7 Å². The van der Waals surface area contributed by atoms with Crippen molar-refractivity contribution in [2.75, 3.05) is 31.1 Å². The monoisotopic (exact) mass is 458 g/mol. The van der Waals surface area contributed by atoms with E-state index < -0.39 is 5.82 Å². The van der Waals surface area contributed by atoms with Crippen molar-refractivity contribution in [3.8, 4) is 5.75 Å². The third kappa shape index (κ3) is 5.29. The van der Waals surface area contributed by atoms with Crippen LogP contribution in [0.5, 0.6) is 5.75 Å². The van der Waals surface area contributed by atoms with Gasteiger partial charge in [0, 0.05) is 24.9 Å². The van der Waals surface area contributed by atoms with Crippen LogP contribution in [-0.4, -0.2) is 57.1 Å². The molecule has 1 aromatic carbocycles. The summed E-state index contributed by atoms with van der Waals surface area (Å²) < 4.78 is 20.6. The number of anilines is 1. The van der Waals surface area contributed by atoms with Gasteiger partial charge >= 0.3 is 0 Å². The zero-order chi connectivity index (χ0) is 22.5. The number of carbonyl (C=O) groups excluding carboxylic acids is 1. The zero-order valence-corrected chi connectivity index (χ0v) is 19.1. The van der Waals surface area contributed by atoms with Crippen LogP contribution in [0.3, 0.4) is 0 Å². The lowest BCUT2D eigenvalue weighted by Gasteiger charge is -2.18. The van der Waals surface area contributed by atoms with E-state index in [2.05, 4.69) is 29.2 Å². The number of rotatable bonds is 9. The average molecular weight is 459 g/mol. The normalized spacial score (nSPS) is 13.8. The van der Waals surface area contributed by atoms with Gasteiger partial charge < -0.3 is 15.0 Å². The lowest BCUT2D eigenvalue weighted by atomic mass is 10.3. The molecule has 1 amide bonds. The Hall–Kier alpha value is -2.88. The first-order chi connectivity index (χ1) is 15.5. The summed E-state index contributed by atoms with van der Waals surface area (Å²) in [6.45, 7) is 6.76. The summed E-state index contributed by atoms with van der Waals surface area (Å²) in [4.78, 5) is 23.9. The number of fused-ring (bicyclic) bond motifs is 1. The van der Waals surface area contributed by atoms with Crippen molar-refractivity contribution in [1.82, 2.24) is 25.1 Å². The van der Waals surface area contributed by atoms with Crippen LogP contribution < -0.4 is 15.0 Å². The van der Waals surface area contributed by atoms with Crippen LogP contribution in [0.4, 0.5) is 10.2 Å². The van der Waals surface area contributed by atoms with E-state index >= 15 is 0 Å². The summed E-state index contributed by atoms with van der Waals surface area (Å²) in [7, 11) is 0. The molecule has 1 aliphatic rings. The quantitative estimate of drug-likeness (QED) is 0.389. The van der Waals surface area contributed by atoms with Crippen molar-refractivity contribution in [1.29, 1.82) is 0 Å². The van der Waals surface area contributed by atoms with Gasteiger partial charge in [0.25, 0.3) is 5.91 Å². The van der Waals surface area contributed by atoms with E-state index in [1.165, 1.54) is 12.1 Å². The van der Waals surface area contributed by atoms with Crippen molar-refractivity contribution in [2.24, 2.45) is 0 Å². The van der Waals surface area contributed by atoms with Crippen molar-refractivity contribution in [3.05, 3.63) is 36.3 Å². The van der Waals surface area contributed by atoms with Crippen LogP contribution in [0.15, 0.2) is 35.6 Å². The van der Waals surface area contributed by atoms with Crippen LogP contribution in [-0.2, 0) is 11.3 Å². The molecule has 8 nitrogen and oxygen atoms in total. The molecule has 4 rings (SSSR count). The maximum atomic E-state index is 13.6. The lowest BCUT2D eigenvalue weighted by Crippen LogP contribution is -2.32. The molecule has 1 aliphatic heterocycles. The topological polar surface area (TPSA) is 85.2 Å². The number of aromatic nitrogens is 4. The molecule has 0 bridgehead atoms. The molecule has 0 unspecified atom stereocenters. The predicted molar refractivity (Wildman–Crippen MR) is 123 cm³/mol. The van der Waals surface area contributed by atoms with Gasteiger partial charge in [-0.15, -0.1) is 0 Å². The highest BCUT2D eigenvalue weighted by molar-refractivity contribution is 7.99. The van der Waals surface area contributed by atoms with Gasteiger partial charge in [-0.05, 0) is 25.0 Å². The number of ether oxygens (including phenoxy) is 1. The summed E-state index contributed by atoms with van der Waals surface area (Å²) in [5.41, 5.74) is 0.766. The molecule has 3 heterocycles. The highest BCUT2D eigenvalue weighted by atomic mass is 32.2. The fraction of sp³-hybridized carbons (Fsp3) is 0.455. The van der Waals surface area contributed by atoms with E-state index in [1.54, 1.807) is 34.8 Å². The number of benzene rings is 1. The van der Waals surface area contributed by atoms with E-state index in [9.17, 15) is 9.18 Å². The summed E-state index contributed by atoms with van der Waals surface area (Å²) in [5, 5.41) is 9.31. The Labute approximate surface area is 190 Å². The Morgan fingerprint density at radius 1 is 1.25 bits per heavy atom. The lowest BCUT2D eigenvalue weighted by molar-refractivity contribution is -0.123. The van der Waals surface area contributed by atoms with Crippen molar-refractivity contribution < 1.29 is 13.9 Å². The molecule has 10 heteroatoms. The molecule has 0 radical (unpaired) electrons. The van der Waals surface area contributed by atoms with Gasteiger partial charge in [-0.25, -0.2) is 19.0 Å². The molecule has 1 fully saturated rings. The van der Waals surface area contributed by atoms with Crippen LogP contribution >= 0.6 is 11.8 Å². The first-order valence-electron chi connectivity index (χ1n) is 10.8. The maximum Gasteiger partial charge on any atom is 0.258 e. The number of thioether (sulfide) groups is 1. The zero-order valence-electron chi connectivity index (χ0n) is 18.3. The minimum Gasteiger partial charge on any atom is -0.481 e. The highest BCUT2D eigenvalue weighted by Crippen LogP contribution is 2.30. The Morgan fingerprint density at radius 2 is 2.03 bits per heavy atom. The minimum atomic E-state index is -0.494. The molecule has 0 saturated carbocycles. The van der Waals surface area contributed by atoms with Crippen molar-refractivity contribution >= 4 is 34.5 Å². The Bertz CT molecular complexity index is 1080. The van der Waals surface area contributed by atoms with Crippen LogP contribution in [0.2, 0.25) is 0 Å². The molecular formula is C22H27FN6O2S. The number of nitrogens with one attached hydrogen (secondary N) is 1. The van der Waals surface area contributed by atoms with Gasteiger partial charge in [0.15, 0.2) is 29.0 Å². The second-order valence-electron chi connectivity index (χ2n) is 7.86. The molecule has 3 aromatic rings. The van der Waals surface area contributed by atoms with Gasteiger partial charge in [0.1, 0.15) is 5.82 Å². The number of halogens is 1. The van der Waals surface area contributed by atoms with E-state index in [-0.39, 0.29) is 18.3 Å². The molecule has 32 heavy (non-hydrogen) atoms. The Balaban J connectivity index is 1.42. The van der Waals surface area contributed by atoms with E-state index in [0.29, 0.717) is 18.3 Å². The molecule has 0 atom stereocenters. The number of hydrogen-bond donors (Lipinski definition) is 1. The van der Waals surface area contributed by atoms with Crippen LogP contribution in [0.25, 0.3) is 11.0 Å². The molecule has 0 aliphatic carbocycles. The number of carbonyl (C=O) groups is 1. The SMILES string of the molecule is CC(C)Sc1nc(N2CCCC2)c2cnn(CCNC(=O)COc3ccccc3F)c2n1. The smallest absolute Gasteiger partial charge is 0.258 e. The standard InChI is InChI=1S/C22H27FN6O2S/c1-15(2)32-22-26-20(28-10-5-6-11-28)16-13-25-29(21(16)27-22)12-9-24-19(30)14-31-18-8-4-3-7-17(18)23/h3-4,7-8,13,15H,5-6,9-12,14H2,1-2H3,(H,24,30). The number of nitrogens with zero attached hydrogens (tertiary/aromatic N) is 5. The van der Waals surface area contributed by atoms with Gasteiger partial charge in [-0.1, -0.05) is 37.7 Å². The summed E-state index contributed by atoms with van der Waals surface area (Å²) >= 11 is 1.63. The maximum absolute atomic E-state index is 13.6. The molecule has 1 N–H and O–H groups in total. The second kappa shape index (κ2) is 10.2. The van der Waals surface area contributed by atoms with E-state index in [1.807, 2.05) is 0 Å². The molecular weight excluding hydrogens is 431 g/mol. The van der Waals surface area contributed by atoms with E-state index in [4.69, 9.17) is 14.7 Å². The summed E-state index contributed by atoms with van der Waals surface area (Å²) in [6.07, 6.45) is 4.12. The minimum absolute atomic E-state index is 0.0574. The second-order valence-corrected chi connectivity index (χ2v) is 9.41. The number of hydrogen-bond acceptors (Lipinski definition) is 7. The molecule has 2 aromatic heterocycles. The predicted octanol–water partition coefficient (Wildman–Crippen LogP) is 3.26. The Morgan fingerprint density at radius 3 is 2.78 bits per heavy atom. The summed E-state index contributed by atoms with van der Waals surface area (Å²) in [5.74, 6) is 0.172. The molecule has 170 valence electrons. The van der Waals surface area contributed by atoms with E-state index in [0.717, 1.165) is 47.9 Å². The fourth-order valence-electron chi connectivity index (χ4n) is 3.58. The molecule has 1 saturated heterocycles.